The van der Waals surface area contributed by atoms with Crippen molar-refractivity contribution in [3.05, 3.63) is 58.0 Å². The first kappa shape index (κ1) is 22.1. The molecule has 2 aromatic rings. The highest BCUT2D eigenvalue weighted by molar-refractivity contribution is 8.26. The number of nitrogens with one attached hydrogen (secondary N) is 1. The molecule has 30 heavy (non-hydrogen) atoms. The molecule has 0 saturated carbocycles. The summed E-state index contributed by atoms with van der Waals surface area (Å²) in [5, 5.41) is 3.00. The number of thiocarbonyl (C=S) groups is 1. The van der Waals surface area contributed by atoms with E-state index in [0.717, 1.165) is 0 Å². The number of para-hydroxylation sites is 1. The van der Waals surface area contributed by atoms with E-state index in [1.165, 1.54) is 23.8 Å². The van der Waals surface area contributed by atoms with Crippen LogP contribution in [0.1, 0.15) is 12.5 Å². The van der Waals surface area contributed by atoms with Crippen molar-refractivity contribution in [2.45, 2.75) is 6.92 Å². The number of hydrogen-bond donors (Lipinski definition) is 1. The summed E-state index contributed by atoms with van der Waals surface area (Å²) in [6.07, 6.45) is 1.70. The number of methoxy groups -OCH3 is 1. The van der Waals surface area contributed by atoms with E-state index in [1.54, 1.807) is 30.3 Å². The van der Waals surface area contributed by atoms with Crippen LogP contribution in [0.2, 0.25) is 5.02 Å². The molecular formula is C21H19ClN2O4S2. The number of rotatable bonds is 7. The summed E-state index contributed by atoms with van der Waals surface area (Å²) in [6.45, 7) is 2.15. The van der Waals surface area contributed by atoms with Gasteiger partial charge in [0.2, 0.25) is 0 Å². The van der Waals surface area contributed by atoms with Gasteiger partial charge in [0, 0.05) is 12.2 Å². The lowest BCUT2D eigenvalue weighted by molar-refractivity contribution is -0.122. The van der Waals surface area contributed by atoms with Gasteiger partial charge in [-0.05, 0) is 42.8 Å². The first-order valence-corrected chi connectivity index (χ1v) is 10.6. The number of ether oxygens (including phenoxy) is 2. The lowest BCUT2D eigenvalue weighted by Crippen LogP contribution is -2.27. The molecule has 0 aliphatic carbocycles. The molecule has 0 radical (unpaired) electrons. The minimum atomic E-state index is -0.327. The molecule has 1 fully saturated rings. The van der Waals surface area contributed by atoms with Crippen LogP contribution in [0, 0.1) is 0 Å². The third kappa shape index (κ3) is 5.13. The van der Waals surface area contributed by atoms with Crippen LogP contribution in [0.4, 0.5) is 5.69 Å². The van der Waals surface area contributed by atoms with Crippen LogP contribution in [-0.4, -0.2) is 41.3 Å². The number of anilines is 1. The van der Waals surface area contributed by atoms with Crippen molar-refractivity contribution in [2.24, 2.45) is 0 Å². The normalized spacial score (nSPS) is 14.9. The number of hydrogen-bond acceptors (Lipinski definition) is 6. The molecule has 1 saturated heterocycles. The zero-order chi connectivity index (χ0) is 21.7. The first-order chi connectivity index (χ1) is 14.4. The standard InChI is InChI=1S/C21H19ClN2O4S2/c1-3-24-20(26)17(30-21(24)29)11-13-9-15(22)19(16(10-13)27-2)28-12-18(25)23-14-7-5-4-6-8-14/h4-11H,3,12H2,1-2H3,(H,23,25)/b17-11-. The fraction of sp³-hybridized carbons (Fsp3) is 0.190. The van der Waals surface area contributed by atoms with Crippen LogP contribution >= 0.6 is 35.6 Å². The molecule has 1 heterocycles. The molecule has 0 atom stereocenters. The maximum atomic E-state index is 12.4. The molecule has 1 aliphatic heterocycles. The number of nitrogens with zero attached hydrogens (tertiary/aromatic N) is 1. The van der Waals surface area contributed by atoms with Gasteiger partial charge >= 0.3 is 0 Å². The molecule has 2 amide bonds. The van der Waals surface area contributed by atoms with Crippen LogP contribution in [0.25, 0.3) is 6.08 Å². The van der Waals surface area contributed by atoms with Gasteiger partial charge in [0.05, 0.1) is 17.0 Å². The largest absolute Gasteiger partial charge is 0.493 e. The van der Waals surface area contributed by atoms with E-state index in [4.69, 9.17) is 33.3 Å². The van der Waals surface area contributed by atoms with Crippen molar-refractivity contribution in [2.75, 3.05) is 25.6 Å². The van der Waals surface area contributed by atoms with Crippen LogP contribution in [0.15, 0.2) is 47.4 Å². The molecular weight excluding hydrogens is 444 g/mol. The molecule has 1 N–H and O–H groups in total. The number of likely N-dealkylation sites (N-methyl/N-ethyl adjacent to an activating group) is 1. The summed E-state index contributed by atoms with van der Waals surface area (Å²) < 4.78 is 11.5. The van der Waals surface area contributed by atoms with Crippen molar-refractivity contribution in [3.8, 4) is 11.5 Å². The van der Waals surface area contributed by atoms with Gasteiger partial charge in [-0.2, -0.15) is 0 Å². The van der Waals surface area contributed by atoms with E-state index in [9.17, 15) is 9.59 Å². The van der Waals surface area contributed by atoms with E-state index < -0.39 is 0 Å². The van der Waals surface area contributed by atoms with Crippen molar-refractivity contribution in [1.29, 1.82) is 0 Å². The third-order valence-electron chi connectivity index (χ3n) is 4.14. The van der Waals surface area contributed by atoms with Gasteiger partial charge in [-0.1, -0.05) is 53.8 Å². The lowest BCUT2D eigenvalue weighted by Gasteiger charge is -2.13. The highest BCUT2D eigenvalue weighted by atomic mass is 35.5. The summed E-state index contributed by atoms with van der Waals surface area (Å²) in [6, 6.07) is 12.4. The van der Waals surface area contributed by atoms with Gasteiger partial charge in [-0.3, -0.25) is 14.5 Å². The fourth-order valence-corrected chi connectivity index (χ4v) is 4.40. The SMILES string of the molecule is CCN1C(=O)/C(=C/c2cc(Cl)c(OCC(=O)Nc3ccccc3)c(OC)c2)SC1=S. The predicted molar refractivity (Wildman–Crippen MR) is 124 cm³/mol. The Hall–Kier alpha value is -2.55. The second kappa shape index (κ2) is 9.97. The Morgan fingerprint density at radius 2 is 2.03 bits per heavy atom. The Bertz CT molecular complexity index is 1010. The molecule has 0 unspecified atom stereocenters. The van der Waals surface area contributed by atoms with Crippen LogP contribution in [-0.2, 0) is 9.59 Å². The van der Waals surface area contributed by atoms with Gasteiger partial charge in [0.15, 0.2) is 18.1 Å². The predicted octanol–water partition coefficient (Wildman–Crippen LogP) is 4.59. The van der Waals surface area contributed by atoms with Crippen LogP contribution in [0.3, 0.4) is 0 Å². The fourth-order valence-electron chi connectivity index (χ4n) is 2.74. The number of thioether (sulfide) groups is 1. The van der Waals surface area contributed by atoms with E-state index >= 15 is 0 Å². The van der Waals surface area contributed by atoms with Gasteiger partial charge in [0.25, 0.3) is 11.8 Å². The lowest BCUT2D eigenvalue weighted by atomic mass is 10.1. The Morgan fingerprint density at radius 3 is 2.67 bits per heavy atom. The summed E-state index contributed by atoms with van der Waals surface area (Å²) in [4.78, 5) is 26.6. The Labute approximate surface area is 189 Å². The first-order valence-electron chi connectivity index (χ1n) is 9.03. The van der Waals surface area contributed by atoms with Gasteiger partial charge < -0.3 is 14.8 Å². The van der Waals surface area contributed by atoms with Crippen LogP contribution in [0.5, 0.6) is 11.5 Å². The molecule has 156 valence electrons. The Balaban J connectivity index is 1.74. The highest BCUT2D eigenvalue weighted by Crippen LogP contribution is 2.39. The maximum Gasteiger partial charge on any atom is 0.266 e. The molecule has 6 nitrogen and oxygen atoms in total. The second-order valence-electron chi connectivity index (χ2n) is 6.16. The van der Waals surface area contributed by atoms with Crippen molar-refractivity contribution >= 4 is 63.5 Å². The maximum absolute atomic E-state index is 12.4. The van der Waals surface area contributed by atoms with Crippen molar-refractivity contribution in [1.82, 2.24) is 4.90 Å². The second-order valence-corrected chi connectivity index (χ2v) is 8.25. The number of benzene rings is 2. The zero-order valence-corrected chi connectivity index (χ0v) is 18.7. The van der Waals surface area contributed by atoms with Gasteiger partial charge in [-0.25, -0.2) is 0 Å². The minimum absolute atomic E-state index is 0.138. The smallest absolute Gasteiger partial charge is 0.266 e. The number of carbonyl (C=O) groups excluding carboxylic acids is 2. The van der Waals surface area contributed by atoms with Crippen molar-refractivity contribution < 1.29 is 19.1 Å². The quantitative estimate of drug-likeness (QED) is 0.479. The Kier molecular flexibility index (Phi) is 7.36. The van der Waals surface area contributed by atoms with Crippen LogP contribution < -0.4 is 14.8 Å². The van der Waals surface area contributed by atoms with Gasteiger partial charge in [-0.15, -0.1) is 0 Å². The highest BCUT2D eigenvalue weighted by Gasteiger charge is 2.30. The summed E-state index contributed by atoms with van der Waals surface area (Å²) >= 11 is 12.8. The molecule has 9 heteroatoms. The van der Waals surface area contributed by atoms with Crippen molar-refractivity contribution in [3.63, 3.8) is 0 Å². The molecule has 2 aromatic carbocycles. The van der Waals surface area contributed by atoms with E-state index in [-0.39, 0.29) is 29.2 Å². The average Bonchev–Trinajstić information content (AvgIpc) is 2.99. The minimum Gasteiger partial charge on any atom is -0.493 e. The zero-order valence-electron chi connectivity index (χ0n) is 16.3. The monoisotopic (exact) mass is 462 g/mol. The van der Waals surface area contributed by atoms with E-state index in [2.05, 4.69) is 5.32 Å². The van der Waals surface area contributed by atoms with Gasteiger partial charge in [0.1, 0.15) is 4.32 Å². The molecule has 0 spiro atoms. The Morgan fingerprint density at radius 1 is 1.30 bits per heavy atom. The molecule has 3 rings (SSSR count). The summed E-state index contributed by atoms with van der Waals surface area (Å²) in [7, 11) is 1.48. The molecule has 1 aliphatic rings. The summed E-state index contributed by atoms with van der Waals surface area (Å²) in [5.74, 6) is 0.139. The molecule has 0 aromatic heterocycles. The van der Waals surface area contributed by atoms with E-state index in [0.29, 0.717) is 32.8 Å². The average molecular weight is 463 g/mol. The number of amides is 2. The third-order valence-corrected chi connectivity index (χ3v) is 5.80. The topological polar surface area (TPSA) is 67.9 Å². The number of carbonyl (C=O) groups is 2. The molecule has 0 bridgehead atoms. The number of halogens is 1. The van der Waals surface area contributed by atoms with E-state index in [1.807, 2.05) is 25.1 Å². The summed E-state index contributed by atoms with van der Waals surface area (Å²) in [5.41, 5.74) is 1.33.